The van der Waals surface area contributed by atoms with Crippen molar-refractivity contribution < 1.29 is 24.5 Å². The number of benzene rings is 1. The maximum atomic E-state index is 12.3. The van der Waals surface area contributed by atoms with Crippen molar-refractivity contribution in [2.75, 3.05) is 13.2 Å². The van der Waals surface area contributed by atoms with E-state index in [1.807, 2.05) is 0 Å². The van der Waals surface area contributed by atoms with Gasteiger partial charge in [-0.3, -0.25) is 9.59 Å². The Morgan fingerprint density at radius 1 is 1.33 bits per heavy atom. The molecule has 0 radical (unpaired) electrons. The SMILES string of the molecule is Cc1ccc(C(=O)NC2(CC(=O)O)CCOCC2)cc1O. The number of amides is 1. The van der Waals surface area contributed by atoms with Crippen LogP contribution in [0.25, 0.3) is 0 Å². The van der Waals surface area contributed by atoms with E-state index in [0.717, 1.165) is 0 Å². The molecule has 1 heterocycles. The molecule has 1 amide bonds. The number of phenols is 1. The van der Waals surface area contributed by atoms with Crippen molar-refractivity contribution in [3.8, 4) is 5.75 Å². The zero-order valence-corrected chi connectivity index (χ0v) is 11.9. The molecule has 1 aromatic rings. The predicted molar refractivity (Wildman–Crippen MR) is 75.3 cm³/mol. The second kappa shape index (κ2) is 6.13. The molecule has 0 saturated carbocycles. The van der Waals surface area contributed by atoms with Crippen LogP contribution in [0.5, 0.6) is 5.75 Å². The summed E-state index contributed by atoms with van der Waals surface area (Å²) in [4.78, 5) is 23.4. The first-order valence-corrected chi connectivity index (χ1v) is 6.84. The minimum atomic E-state index is -0.955. The third-order valence-corrected chi connectivity index (χ3v) is 3.79. The molecule has 21 heavy (non-hydrogen) atoms. The van der Waals surface area contributed by atoms with E-state index in [0.29, 0.717) is 37.2 Å². The summed E-state index contributed by atoms with van der Waals surface area (Å²) in [5.74, 6) is -1.29. The number of carbonyl (C=O) groups excluding carboxylic acids is 1. The zero-order chi connectivity index (χ0) is 15.5. The summed E-state index contributed by atoms with van der Waals surface area (Å²) in [5.41, 5.74) is 0.203. The van der Waals surface area contributed by atoms with E-state index in [2.05, 4.69) is 5.32 Å². The molecule has 0 aromatic heterocycles. The van der Waals surface area contributed by atoms with E-state index in [-0.39, 0.29) is 18.1 Å². The Balaban J connectivity index is 2.17. The van der Waals surface area contributed by atoms with Crippen LogP contribution in [0.1, 0.15) is 35.2 Å². The lowest BCUT2D eigenvalue weighted by atomic mass is 9.86. The number of nitrogens with one attached hydrogen (secondary N) is 1. The van der Waals surface area contributed by atoms with Crippen molar-refractivity contribution in [1.82, 2.24) is 5.32 Å². The highest BCUT2D eigenvalue weighted by molar-refractivity contribution is 5.95. The Bertz CT molecular complexity index is 549. The van der Waals surface area contributed by atoms with Crippen LogP contribution < -0.4 is 5.32 Å². The van der Waals surface area contributed by atoms with Gasteiger partial charge in [0.15, 0.2) is 0 Å². The normalized spacial score (nSPS) is 17.2. The maximum Gasteiger partial charge on any atom is 0.305 e. The molecule has 3 N–H and O–H groups in total. The molecule has 6 nitrogen and oxygen atoms in total. The van der Waals surface area contributed by atoms with Crippen molar-refractivity contribution in [2.24, 2.45) is 0 Å². The summed E-state index contributed by atoms with van der Waals surface area (Å²) >= 11 is 0. The van der Waals surface area contributed by atoms with Crippen molar-refractivity contribution in [3.05, 3.63) is 29.3 Å². The standard InChI is InChI=1S/C15H19NO5/c1-10-2-3-11(8-12(10)17)14(20)16-15(9-13(18)19)4-6-21-7-5-15/h2-3,8,17H,4-7,9H2,1H3,(H,16,20)(H,18,19). The van der Waals surface area contributed by atoms with Crippen molar-refractivity contribution >= 4 is 11.9 Å². The number of ether oxygens (including phenoxy) is 1. The quantitative estimate of drug-likeness (QED) is 0.781. The molecule has 0 aliphatic carbocycles. The summed E-state index contributed by atoms with van der Waals surface area (Å²) in [6.45, 7) is 2.58. The minimum absolute atomic E-state index is 0.0434. The summed E-state index contributed by atoms with van der Waals surface area (Å²) < 4.78 is 5.24. The van der Waals surface area contributed by atoms with Gasteiger partial charge in [-0.05, 0) is 37.5 Å². The molecule has 0 unspecified atom stereocenters. The average molecular weight is 293 g/mol. The van der Waals surface area contributed by atoms with Gasteiger partial charge in [-0.25, -0.2) is 0 Å². The fourth-order valence-corrected chi connectivity index (χ4v) is 2.46. The number of hydrogen-bond donors (Lipinski definition) is 3. The number of carbonyl (C=O) groups is 2. The molecule has 6 heteroatoms. The predicted octanol–water partition coefficient (Wildman–Crippen LogP) is 1.45. The third kappa shape index (κ3) is 3.72. The first-order chi connectivity index (χ1) is 9.92. The highest BCUT2D eigenvalue weighted by Crippen LogP contribution is 2.26. The number of rotatable bonds is 4. The molecule has 0 bridgehead atoms. The van der Waals surface area contributed by atoms with Crippen LogP contribution in [0.3, 0.4) is 0 Å². The fourth-order valence-electron chi connectivity index (χ4n) is 2.46. The van der Waals surface area contributed by atoms with Crippen LogP contribution >= 0.6 is 0 Å². The number of carboxylic acids is 1. The van der Waals surface area contributed by atoms with E-state index >= 15 is 0 Å². The van der Waals surface area contributed by atoms with Gasteiger partial charge in [0.25, 0.3) is 5.91 Å². The first-order valence-electron chi connectivity index (χ1n) is 6.84. The van der Waals surface area contributed by atoms with Crippen LogP contribution in [0.4, 0.5) is 0 Å². The van der Waals surface area contributed by atoms with Crippen molar-refractivity contribution in [1.29, 1.82) is 0 Å². The summed E-state index contributed by atoms with van der Waals surface area (Å²) in [6, 6.07) is 4.65. The second-order valence-electron chi connectivity index (χ2n) is 5.42. The minimum Gasteiger partial charge on any atom is -0.508 e. The van der Waals surface area contributed by atoms with Crippen molar-refractivity contribution in [3.63, 3.8) is 0 Å². The van der Waals surface area contributed by atoms with Gasteiger partial charge in [-0.15, -0.1) is 0 Å². The van der Waals surface area contributed by atoms with Crippen LogP contribution in [-0.2, 0) is 9.53 Å². The van der Waals surface area contributed by atoms with Crippen molar-refractivity contribution in [2.45, 2.75) is 31.7 Å². The van der Waals surface area contributed by atoms with Gasteiger partial charge in [-0.1, -0.05) is 6.07 Å². The van der Waals surface area contributed by atoms with E-state index in [9.17, 15) is 14.7 Å². The van der Waals surface area contributed by atoms with Gasteiger partial charge in [-0.2, -0.15) is 0 Å². The van der Waals surface area contributed by atoms with Crippen LogP contribution in [0, 0.1) is 6.92 Å². The largest absolute Gasteiger partial charge is 0.508 e. The van der Waals surface area contributed by atoms with Crippen LogP contribution in [-0.4, -0.2) is 40.8 Å². The van der Waals surface area contributed by atoms with Gasteiger partial charge in [0.05, 0.1) is 12.0 Å². The molecule has 1 fully saturated rings. The van der Waals surface area contributed by atoms with Crippen LogP contribution in [0.15, 0.2) is 18.2 Å². The van der Waals surface area contributed by atoms with E-state index in [4.69, 9.17) is 9.84 Å². The van der Waals surface area contributed by atoms with E-state index < -0.39 is 11.5 Å². The summed E-state index contributed by atoms with van der Waals surface area (Å²) in [6.07, 6.45) is 0.783. The molecule has 1 saturated heterocycles. The number of aromatic hydroxyl groups is 1. The van der Waals surface area contributed by atoms with E-state index in [1.165, 1.54) is 6.07 Å². The Labute approximate surface area is 122 Å². The molecule has 1 aliphatic rings. The molecule has 0 atom stereocenters. The molecule has 1 aliphatic heterocycles. The van der Waals surface area contributed by atoms with Gasteiger partial charge in [0.1, 0.15) is 5.75 Å². The van der Waals surface area contributed by atoms with Crippen LogP contribution in [0.2, 0.25) is 0 Å². The smallest absolute Gasteiger partial charge is 0.305 e. The number of aryl methyl sites for hydroxylation is 1. The van der Waals surface area contributed by atoms with Gasteiger partial charge < -0.3 is 20.3 Å². The topological polar surface area (TPSA) is 95.9 Å². The van der Waals surface area contributed by atoms with Gasteiger partial charge in [0.2, 0.25) is 0 Å². The Hall–Kier alpha value is -2.08. The van der Waals surface area contributed by atoms with Gasteiger partial charge >= 0.3 is 5.97 Å². The van der Waals surface area contributed by atoms with E-state index in [1.54, 1.807) is 19.1 Å². The second-order valence-corrected chi connectivity index (χ2v) is 5.42. The molecule has 1 aromatic carbocycles. The molecular weight excluding hydrogens is 274 g/mol. The lowest BCUT2D eigenvalue weighted by molar-refractivity contribution is -0.139. The number of hydrogen-bond acceptors (Lipinski definition) is 4. The average Bonchev–Trinajstić information content (AvgIpc) is 2.41. The maximum absolute atomic E-state index is 12.3. The Kier molecular flexibility index (Phi) is 4.47. The summed E-state index contributed by atoms with van der Waals surface area (Å²) in [5, 5.41) is 21.5. The molecule has 2 rings (SSSR count). The molecular formula is C15H19NO5. The first kappa shape index (κ1) is 15.3. The lowest BCUT2D eigenvalue weighted by Gasteiger charge is -2.36. The summed E-state index contributed by atoms with van der Waals surface area (Å²) in [7, 11) is 0. The Morgan fingerprint density at radius 3 is 2.57 bits per heavy atom. The fraction of sp³-hybridized carbons (Fsp3) is 0.467. The monoisotopic (exact) mass is 293 g/mol. The highest BCUT2D eigenvalue weighted by atomic mass is 16.5. The number of aliphatic carboxylic acids is 1. The lowest BCUT2D eigenvalue weighted by Crippen LogP contribution is -2.53. The highest BCUT2D eigenvalue weighted by Gasteiger charge is 2.36. The Morgan fingerprint density at radius 2 is 2.00 bits per heavy atom. The van der Waals surface area contributed by atoms with Gasteiger partial charge in [0, 0.05) is 18.8 Å². The number of phenolic OH excluding ortho intramolecular Hbond substituents is 1. The molecule has 0 spiro atoms. The number of carboxylic acid groups (broad SMARTS) is 1. The third-order valence-electron chi connectivity index (χ3n) is 3.79. The zero-order valence-electron chi connectivity index (χ0n) is 11.9. The molecule has 114 valence electrons.